The molecule has 4 heteroatoms. The molecule has 0 radical (unpaired) electrons. The molecule has 0 amide bonds. The lowest BCUT2D eigenvalue weighted by Crippen LogP contribution is -1.99. The van der Waals surface area contributed by atoms with Gasteiger partial charge in [0.05, 0.1) is 19.3 Å². The molecule has 0 unspecified atom stereocenters. The van der Waals surface area contributed by atoms with Crippen molar-refractivity contribution in [3.63, 3.8) is 0 Å². The van der Waals surface area contributed by atoms with Crippen LogP contribution >= 0.6 is 11.8 Å². The lowest BCUT2D eigenvalue weighted by molar-refractivity contribution is 0.354. The van der Waals surface area contributed by atoms with Crippen LogP contribution in [-0.4, -0.2) is 25.5 Å². The zero-order valence-electron chi connectivity index (χ0n) is 9.38. The minimum atomic E-state index is 0.536. The monoisotopic (exact) mass is 225 g/mol. The maximum absolute atomic E-state index is 7.79. The number of nitrogens with one attached hydrogen (secondary N) is 1. The highest BCUT2D eigenvalue weighted by molar-refractivity contribution is 8.13. The zero-order valence-corrected chi connectivity index (χ0v) is 10.2. The second kappa shape index (κ2) is 5.07. The highest BCUT2D eigenvalue weighted by atomic mass is 32.2. The molecular formula is C11H15NO2S. The molecule has 15 heavy (non-hydrogen) atoms. The van der Waals surface area contributed by atoms with E-state index in [1.807, 2.05) is 25.3 Å². The maximum atomic E-state index is 7.79. The average Bonchev–Trinajstić information content (AvgIpc) is 2.27. The van der Waals surface area contributed by atoms with Crippen LogP contribution in [0.4, 0.5) is 0 Å². The Morgan fingerprint density at radius 3 is 2.20 bits per heavy atom. The van der Waals surface area contributed by atoms with Crippen LogP contribution in [0.3, 0.4) is 0 Å². The van der Waals surface area contributed by atoms with Gasteiger partial charge in [0.25, 0.3) is 0 Å². The van der Waals surface area contributed by atoms with Gasteiger partial charge in [-0.2, -0.15) is 0 Å². The third-order valence-electron chi connectivity index (χ3n) is 2.18. The van der Waals surface area contributed by atoms with Gasteiger partial charge < -0.3 is 9.47 Å². The normalized spacial score (nSPS) is 9.87. The molecule has 0 saturated heterocycles. The van der Waals surface area contributed by atoms with E-state index in [-0.39, 0.29) is 0 Å². The van der Waals surface area contributed by atoms with E-state index < -0.39 is 0 Å². The second-order valence-electron chi connectivity index (χ2n) is 3.06. The fourth-order valence-electron chi connectivity index (χ4n) is 1.34. The van der Waals surface area contributed by atoms with Crippen molar-refractivity contribution in [2.45, 2.75) is 6.92 Å². The van der Waals surface area contributed by atoms with Crippen LogP contribution in [0.5, 0.6) is 11.5 Å². The minimum absolute atomic E-state index is 0.536. The molecular weight excluding hydrogens is 210 g/mol. The summed E-state index contributed by atoms with van der Waals surface area (Å²) in [6, 6.07) is 3.73. The number of hydrogen-bond acceptors (Lipinski definition) is 4. The van der Waals surface area contributed by atoms with Gasteiger partial charge in [0.2, 0.25) is 0 Å². The Kier molecular flexibility index (Phi) is 4.03. The Balaban J connectivity index is 3.25. The summed E-state index contributed by atoms with van der Waals surface area (Å²) in [6.07, 6.45) is 1.89. The van der Waals surface area contributed by atoms with Crippen LogP contribution in [0.1, 0.15) is 11.1 Å². The lowest BCUT2D eigenvalue weighted by atomic mass is 10.1. The molecule has 0 atom stereocenters. The van der Waals surface area contributed by atoms with Crippen molar-refractivity contribution < 1.29 is 9.47 Å². The molecule has 0 aliphatic rings. The molecule has 3 nitrogen and oxygen atoms in total. The summed E-state index contributed by atoms with van der Waals surface area (Å²) >= 11 is 1.41. The van der Waals surface area contributed by atoms with Crippen LogP contribution < -0.4 is 9.47 Å². The topological polar surface area (TPSA) is 42.3 Å². The van der Waals surface area contributed by atoms with E-state index in [4.69, 9.17) is 14.9 Å². The van der Waals surface area contributed by atoms with E-state index in [2.05, 4.69) is 0 Å². The first-order valence-electron chi connectivity index (χ1n) is 4.49. The molecule has 0 fully saturated rings. The summed E-state index contributed by atoms with van der Waals surface area (Å²) in [7, 11) is 3.20. The molecule has 0 aliphatic carbocycles. The smallest absolute Gasteiger partial charge is 0.161 e. The highest BCUT2D eigenvalue weighted by Crippen LogP contribution is 2.31. The Labute approximate surface area is 94.3 Å². The number of rotatable bonds is 3. The van der Waals surface area contributed by atoms with Crippen molar-refractivity contribution in [3.8, 4) is 11.5 Å². The van der Waals surface area contributed by atoms with Crippen molar-refractivity contribution in [1.29, 1.82) is 5.41 Å². The first-order chi connectivity index (χ1) is 7.13. The van der Waals surface area contributed by atoms with Gasteiger partial charge in [-0.25, -0.2) is 0 Å². The molecule has 0 aliphatic heterocycles. The van der Waals surface area contributed by atoms with Crippen LogP contribution in [0.25, 0.3) is 0 Å². The predicted molar refractivity (Wildman–Crippen MR) is 64.6 cm³/mol. The third-order valence-corrected chi connectivity index (χ3v) is 2.81. The third kappa shape index (κ3) is 2.45. The van der Waals surface area contributed by atoms with Crippen LogP contribution in [0, 0.1) is 12.3 Å². The number of methoxy groups -OCH3 is 2. The summed E-state index contributed by atoms with van der Waals surface area (Å²) < 4.78 is 10.4. The molecule has 0 heterocycles. The van der Waals surface area contributed by atoms with E-state index in [1.54, 1.807) is 14.2 Å². The van der Waals surface area contributed by atoms with Crippen molar-refractivity contribution in [1.82, 2.24) is 0 Å². The lowest BCUT2D eigenvalue weighted by Gasteiger charge is -2.12. The highest BCUT2D eigenvalue weighted by Gasteiger charge is 2.11. The molecule has 0 bridgehead atoms. The van der Waals surface area contributed by atoms with Crippen molar-refractivity contribution in [3.05, 3.63) is 23.3 Å². The van der Waals surface area contributed by atoms with E-state index in [9.17, 15) is 0 Å². The van der Waals surface area contributed by atoms with Gasteiger partial charge in [0, 0.05) is 5.56 Å². The van der Waals surface area contributed by atoms with E-state index in [0.717, 1.165) is 11.1 Å². The first kappa shape index (κ1) is 11.9. The summed E-state index contributed by atoms with van der Waals surface area (Å²) in [5.41, 5.74) is 1.91. The molecule has 1 rings (SSSR count). The predicted octanol–water partition coefficient (Wildman–Crippen LogP) is 2.70. The maximum Gasteiger partial charge on any atom is 0.161 e. The van der Waals surface area contributed by atoms with Gasteiger partial charge in [-0.3, -0.25) is 5.41 Å². The molecule has 1 aromatic carbocycles. The average molecular weight is 225 g/mol. The largest absolute Gasteiger partial charge is 0.493 e. The number of hydrogen-bond donors (Lipinski definition) is 1. The standard InChI is InChI=1S/C11H15NO2S/c1-7-5-9(13-2)10(14-3)6-8(7)11(12)15-4/h5-6,12H,1-4H3. The summed E-state index contributed by atoms with van der Waals surface area (Å²) in [5.74, 6) is 1.37. The first-order valence-corrected chi connectivity index (χ1v) is 5.72. The van der Waals surface area contributed by atoms with Crippen LogP contribution in [0.2, 0.25) is 0 Å². The summed E-state index contributed by atoms with van der Waals surface area (Å²) in [6.45, 7) is 1.96. The molecule has 0 spiro atoms. The van der Waals surface area contributed by atoms with E-state index in [1.165, 1.54) is 11.8 Å². The molecule has 0 saturated carbocycles. The molecule has 0 aromatic heterocycles. The van der Waals surface area contributed by atoms with Gasteiger partial charge in [-0.15, -0.1) is 11.8 Å². The van der Waals surface area contributed by atoms with Gasteiger partial charge in [-0.05, 0) is 30.9 Å². The quantitative estimate of drug-likeness (QED) is 0.635. The van der Waals surface area contributed by atoms with Crippen LogP contribution in [-0.2, 0) is 0 Å². The van der Waals surface area contributed by atoms with E-state index in [0.29, 0.717) is 16.5 Å². The van der Waals surface area contributed by atoms with Crippen molar-refractivity contribution in [2.24, 2.45) is 0 Å². The number of aryl methyl sites for hydroxylation is 1. The van der Waals surface area contributed by atoms with Gasteiger partial charge in [-0.1, -0.05) is 0 Å². The Morgan fingerprint density at radius 1 is 1.20 bits per heavy atom. The van der Waals surface area contributed by atoms with E-state index >= 15 is 0 Å². The number of benzene rings is 1. The Hall–Kier alpha value is -1.16. The fourth-order valence-corrected chi connectivity index (χ4v) is 1.78. The zero-order chi connectivity index (χ0) is 11.4. The summed E-state index contributed by atoms with van der Waals surface area (Å²) in [5, 5.41) is 8.32. The van der Waals surface area contributed by atoms with Crippen molar-refractivity contribution >= 4 is 16.8 Å². The van der Waals surface area contributed by atoms with Gasteiger partial charge >= 0.3 is 0 Å². The summed E-state index contributed by atoms with van der Waals surface area (Å²) in [4.78, 5) is 0. The molecule has 82 valence electrons. The number of thioether (sulfide) groups is 1. The van der Waals surface area contributed by atoms with Crippen LogP contribution in [0.15, 0.2) is 12.1 Å². The van der Waals surface area contributed by atoms with Gasteiger partial charge in [0.15, 0.2) is 11.5 Å². The SMILES string of the molecule is COc1cc(C)c(C(=N)SC)cc1OC. The Bertz CT molecular complexity index is 377. The number of ether oxygens (including phenoxy) is 2. The molecule has 1 N–H and O–H groups in total. The van der Waals surface area contributed by atoms with Crippen molar-refractivity contribution in [2.75, 3.05) is 20.5 Å². The second-order valence-corrected chi connectivity index (χ2v) is 3.87. The molecule has 1 aromatic rings. The fraction of sp³-hybridized carbons (Fsp3) is 0.364. The Morgan fingerprint density at radius 2 is 1.73 bits per heavy atom. The minimum Gasteiger partial charge on any atom is -0.493 e. The van der Waals surface area contributed by atoms with Gasteiger partial charge in [0.1, 0.15) is 0 Å².